The molecule has 0 spiro atoms. The normalized spacial score (nSPS) is 10.9. The van der Waals surface area contributed by atoms with Crippen molar-refractivity contribution >= 4 is 45.9 Å². The van der Waals surface area contributed by atoms with E-state index in [0.717, 1.165) is 10.6 Å². The average molecular weight is 320 g/mol. The van der Waals surface area contributed by atoms with E-state index in [0.29, 0.717) is 5.11 Å². The summed E-state index contributed by atoms with van der Waals surface area (Å²) >= 11 is 11.4. The first-order valence-corrected chi connectivity index (χ1v) is 9.46. The molecule has 5 heteroatoms. The van der Waals surface area contributed by atoms with Gasteiger partial charge >= 0.3 is 0 Å². The fourth-order valence-corrected chi connectivity index (χ4v) is 5.57. The summed E-state index contributed by atoms with van der Waals surface area (Å²) in [5.41, 5.74) is 0. The summed E-state index contributed by atoms with van der Waals surface area (Å²) in [6.45, 7) is 0. The summed E-state index contributed by atoms with van der Waals surface area (Å²) < 4.78 is 0. The van der Waals surface area contributed by atoms with E-state index in [4.69, 9.17) is 24.0 Å². The van der Waals surface area contributed by atoms with Crippen molar-refractivity contribution in [1.82, 2.24) is 9.99 Å². The molecule has 0 radical (unpaired) electrons. The summed E-state index contributed by atoms with van der Waals surface area (Å²) in [7, 11) is 3.84. The number of nitrogens with one attached hydrogen (secondary N) is 1. The van der Waals surface area contributed by atoms with Gasteiger partial charge in [-0.15, -0.1) is 0 Å². The predicted molar refractivity (Wildman–Crippen MR) is 95.9 cm³/mol. The Morgan fingerprint density at radius 2 is 1.30 bits per heavy atom. The van der Waals surface area contributed by atoms with Gasteiger partial charge in [0, 0.05) is 24.7 Å². The van der Waals surface area contributed by atoms with Gasteiger partial charge in [-0.1, -0.05) is 72.5 Å². The Hall–Kier alpha value is -1.22. The number of hydrogen-bond acceptors (Lipinski definition) is 2. The van der Waals surface area contributed by atoms with E-state index in [1.54, 1.807) is 0 Å². The topological polar surface area (TPSA) is 15.3 Å². The molecule has 0 bridgehead atoms. The van der Waals surface area contributed by atoms with E-state index in [2.05, 4.69) is 29.4 Å². The zero-order valence-corrected chi connectivity index (χ0v) is 14.0. The van der Waals surface area contributed by atoms with Crippen LogP contribution in [0.1, 0.15) is 0 Å². The smallest absolute Gasteiger partial charge is 0.172 e. The van der Waals surface area contributed by atoms with Crippen molar-refractivity contribution in [3.05, 3.63) is 60.7 Å². The van der Waals surface area contributed by atoms with E-state index in [-0.39, 0.29) is 0 Å². The highest BCUT2D eigenvalue weighted by Gasteiger charge is 2.23. The highest BCUT2D eigenvalue weighted by molar-refractivity contribution is 8.21. The molecule has 0 aromatic heterocycles. The van der Waals surface area contributed by atoms with Gasteiger partial charge in [0.2, 0.25) is 0 Å². The van der Waals surface area contributed by atoms with Crippen LogP contribution < -0.4 is 15.7 Å². The van der Waals surface area contributed by atoms with Crippen LogP contribution in [0.3, 0.4) is 0 Å². The Bertz CT molecular complexity index is 583. The second-order valence-corrected chi connectivity index (χ2v) is 9.10. The molecule has 104 valence electrons. The summed E-state index contributed by atoms with van der Waals surface area (Å²) in [6.07, 6.45) is -2.13. The van der Waals surface area contributed by atoms with E-state index < -0.39 is 6.19 Å². The van der Waals surface area contributed by atoms with Gasteiger partial charge in [0.25, 0.3) is 0 Å². The van der Waals surface area contributed by atoms with Gasteiger partial charge < -0.3 is 9.99 Å². The molecular formula is C15H17N2PS2. The minimum Gasteiger partial charge on any atom is -0.355 e. The lowest BCUT2D eigenvalue weighted by Crippen LogP contribution is -2.37. The van der Waals surface area contributed by atoms with Crippen molar-refractivity contribution in [2.75, 3.05) is 14.1 Å². The van der Waals surface area contributed by atoms with Gasteiger partial charge in [0.15, 0.2) is 5.11 Å². The summed E-state index contributed by atoms with van der Waals surface area (Å²) in [5.74, 6) is 0. The second-order valence-electron chi connectivity index (χ2n) is 4.59. The molecule has 0 saturated heterocycles. The highest BCUT2D eigenvalue weighted by atomic mass is 32.4. The third-order valence-electron chi connectivity index (χ3n) is 2.90. The lowest BCUT2D eigenvalue weighted by atomic mass is 10.4. The third kappa shape index (κ3) is 3.26. The van der Waals surface area contributed by atoms with Crippen LogP contribution in [0.15, 0.2) is 60.7 Å². The summed E-state index contributed by atoms with van der Waals surface area (Å²) in [6, 6.07) is 20.3. The molecule has 0 aliphatic carbocycles. The second kappa shape index (κ2) is 6.49. The number of hydrogen-bond donors (Lipinski definition) is 1. The number of nitrogens with zero attached hydrogens (tertiary/aromatic N) is 1. The largest absolute Gasteiger partial charge is 0.355 e. The van der Waals surface area contributed by atoms with Gasteiger partial charge in [-0.05, 0) is 12.2 Å². The summed E-state index contributed by atoms with van der Waals surface area (Å²) in [4.78, 5) is 1.88. The van der Waals surface area contributed by atoms with Crippen LogP contribution >= 0.6 is 18.4 Å². The Kier molecular flexibility index (Phi) is 4.92. The van der Waals surface area contributed by atoms with Crippen molar-refractivity contribution in [3.8, 4) is 0 Å². The molecule has 0 heterocycles. The highest BCUT2D eigenvalue weighted by Crippen LogP contribution is 2.39. The van der Waals surface area contributed by atoms with Crippen LogP contribution in [-0.4, -0.2) is 24.1 Å². The lowest BCUT2D eigenvalue weighted by Gasteiger charge is -2.28. The van der Waals surface area contributed by atoms with Crippen LogP contribution in [0.4, 0.5) is 0 Å². The molecule has 0 atom stereocenters. The average Bonchev–Trinajstić information content (AvgIpc) is 2.48. The quantitative estimate of drug-likeness (QED) is 0.690. The van der Waals surface area contributed by atoms with Crippen LogP contribution in [0.2, 0.25) is 0 Å². The molecule has 20 heavy (non-hydrogen) atoms. The summed E-state index contributed by atoms with van der Waals surface area (Å²) in [5, 5.41) is 6.31. The minimum atomic E-state index is -2.13. The van der Waals surface area contributed by atoms with Crippen LogP contribution in [0.5, 0.6) is 0 Å². The van der Waals surface area contributed by atoms with E-state index in [9.17, 15) is 0 Å². The Labute approximate surface area is 130 Å². The third-order valence-corrected chi connectivity index (χ3v) is 7.63. The fourth-order valence-electron chi connectivity index (χ4n) is 1.79. The van der Waals surface area contributed by atoms with Gasteiger partial charge in [-0.2, -0.15) is 0 Å². The van der Waals surface area contributed by atoms with Gasteiger partial charge in [0.05, 0.1) is 6.19 Å². The molecule has 0 amide bonds. The van der Waals surface area contributed by atoms with Crippen molar-refractivity contribution in [2.24, 2.45) is 0 Å². The molecule has 1 N–H and O–H groups in total. The zero-order chi connectivity index (χ0) is 14.6. The Balaban J connectivity index is 2.50. The van der Waals surface area contributed by atoms with Gasteiger partial charge in [-0.3, -0.25) is 0 Å². The van der Waals surface area contributed by atoms with Crippen LogP contribution in [0.25, 0.3) is 0 Å². The van der Waals surface area contributed by atoms with Gasteiger partial charge in [0.1, 0.15) is 0 Å². The van der Waals surface area contributed by atoms with Gasteiger partial charge in [-0.25, -0.2) is 0 Å². The molecule has 0 saturated carbocycles. The number of thiocarbonyl (C=S) groups is 1. The maximum atomic E-state index is 6.02. The standard InChI is InChI=1S/C15H17N2PS2/c1-17(2)15(19)16-18(20,13-9-5-3-6-10-13)14-11-7-4-8-12-14/h3-12H,1-2H3,(H,16,19,20). The molecule has 2 nitrogen and oxygen atoms in total. The maximum absolute atomic E-state index is 6.02. The van der Waals surface area contributed by atoms with Crippen molar-refractivity contribution in [3.63, 3.8) is 0 Å². The molecule has 2 rings (SSSR count). The number of benzene rings is 2. The fraction of sp³-hybridized carbons (Fsp3) is 0.133. The molecule has 2 aromatic rings. The molecule has 0 aliphatic heterocycles. The van der Waals surface area contributed by atoms with Crippen molar-refractivity contribution in [2.45, 2.75) is 0 Å². The first-order valence-electron chi connectivity index (χ1n) is 6.25. The van der Waals surface area contributed by atoms with Crippen molar-refractivity contribution < 1.29 is 0 Å². The maximum Gasteiger partial charge on any atom is 0.172 e. The molecular weight excluding hydrogens is 303 g/mol. The lowest BCUT2D eigenvalue weighted by molar-refractivity contribution is 0.622. The first kappa shape index (κ1) is 15.2. The van der Waals surface area contributed by atoms with Crippen LogP contribution in [0, 0.1) is 0 Å². The van der Waals surface area contributed by atoms with E-state index >= 15 is 0 Å². The minimum absolute atomic E-state index is 0.668. The number of rotatable bonds is 3. The predicted octanol–water partition coefficient (Wildman–Crippen LogP) is 2.47. The monoisotopic (exact) mass is 320 g/mol. The molecule has 0 aliphatic rings. The zero-order valence-electron chi connectivity index (χ0n) is 11.5. The Morgan fingerprint density at radius 3 is 1.65 bits per heavy atom. The SMILES string of the molecule is CN(C)C(=S)NP(=S)(c1ccccc1)c1ccccc1. The van der Waals surface area contributed by atoms with E-state index in [1.807, 2.05) is 55.4 Å². The molecule has 0 unspecified atom stereocenters. The molecule has 0 fully saturated rings. The molecule has 2 aromatic carbocycles. The van der Waals surface area contributed by atoms with Crippen molar-refractivity contribution in [1.29, 1.82) is 0 Å². The van der Waals surface area contributed by atoms with Crippen LogP contribution in [-0.2, 0) is 11.8 Å². The van der Waals surface area contributed by atoms with E-state index in [1.165, 1.54) is 0 Å². The Morgan fingerprint density at radius 1 is 0.900 bits per heavy atom. The first-order chi connectivity index (χ1) is 9.54.